The lowest BCUT2D eigenvalue weighted by atomic mass is 10.0. The number of hydroxylamine groups is 2. The minimum absolute atomic E-state index is 0.511. The van der Waals surface area contributed by atoms with E-state index in [2.05, 4.69) is 32.6 Å². The number of benzene rings is 1. The lowest BCUT2D eigenvalue weighted by Crippen LogP contribution is -2.32. The van der Waals surface area contributed by atoms with Crippen LogP contribution in [0.5, 0.6) is 5.75 Å². The van der Waals surface area contributed by atoms with Crippen molar-refractivity contribution >= 4 is 0 Å². The largest absolute Gasteiger partial charge is 0.489 e. The minimum Gasteiger partial charge on any atom is -0.489 e. The molecule has 3 heteroatoms. The van der Waals surface area contributed by atoms with Crippen molar-refractivity contribution in [1.82, 2.24) is 5.06 Å². The van der Waals surface area contributed by atoms with Gasteiger partial charge in [-0.25, -0.2) is 0 Å². The highest BCUT2D eigenvalue weighted by Crippen LogP contribution is 2.19. The number of nitrogens with zero attached hydrogens (tertiary/aromatic N) is 1. The molecule has 0 unspecified atom stereocenters. The molecule has 0 atom stereocenters. The molecule has 0 bridgehead atoms. The fraction of sp³-hybridized carbons (Fsp3) is 0.478. The third-order valence-corrected chi connectivity index (χ3v) is 4.30. The Morgan fingerprint density at radius 1 is 1.19 bits per heavy atom. The molecule has 0 radical (unpaired) electrons. The first-order valence-corrected chi connectivity index (χ1v) is 9.72. The predicted octanol–water partition coefficient (Wildman–Crippen LogP) is 6.08. The van der Waals surface area contributed by atoms with Gasteiger partial charge in [0.15, 0.2) is 0 Å². The number of ether oxygens (including phenoxy) is 1. The van der Waals surface area contributed by atoms with E-state index in [9.17, 15) is 0 Å². The third kappa shape index (κ3) is 7.92. The van der Waals surface area contributed by atoms with Crippen LogP contribution in [0.2, 0.25) is 0 Å². The molecule has 0 aliphatic carbocycles. The number of allylic oxidation sites excluding steroid dienone is 2. The Morgan fingerprint density at radius 2 is 1.81 bits per heavy atom. The van der Waals surface area contributed by atoms with Gasteiger partial charge in [0, 0.05) is 13.1 Å². The van der Waals surface area contributed by atoms with Crippen LogP contribution in [0.4, 0.5) is 0 Å². The second-order valence-corrected chi connectivity index (χ2v) is 6.42. The average molecular weight is 358 g/mol. The van der Waals surface area contributed by atoms with Crippen molar-refractivity contribution in [3.63, 3.8) is 0 Å². The Hall–Kier alpha value is -2.00. The van der Waals surface area contributed by atoms with Crippen molar-refractivity contribution in [3.8, 4) is 5.75 Å². The number of hydrogen-bond acceptors (Lipinski definition) is 3. The zero-order valence-corrected chi connectivity index (χ0v) is 17.1. The molecule has 3 nitrogen and oxygen atoms in total. The number of piperidine rings is 1. The normalized spacial score (nSPS) is 16.5. The van der Waals surface area contributed by atoms with E-state index >= 15 is 0 Å². The highest BCUT2D eigenvalue weighted by Gasteiger charge is 2.17. The van der Waals surface area contributed by atoms with E-state index in [4.69, 9.17) is 9.57 Å². The molecular weight excluding hydrogens is 322 g/mol. The highest BCUT2D eigenvalue weighted by atomic mass is 16.7. The summed E-state index contributed by atoms with van der Waals surface area (Å²) in [6, 6.07) is 8.09. The van der Waals surface area contributed by atoms with Gasteiger partial charge in [-0.05, 0) is 62.5 Å². The van der Waals surface area contributed by atoms with Gasteiger partial charge in [0.2, 0.25) is 0 Å². The zero-order chi connectivity index (χ0) is 19.4. The summed E-state index contributed by atoms with van der Waals surface area (Å²) in [4.78, 5) is 5.97. The van der Waals surface area contributed by atoms with Crippen molar-refractivity contribution in [2.75, 3.05) is 19.7 Å². The van der Waals surface area contributed by atoms with Crippen molar-refractivity contribution in [2.24, 2.45) is 5.92 Å². The van der Waals surface area contributed by atoms with E-state index in [1.54, 1.807) is 6.08 Å². The quantitative estimate of drug-likeness (QED) is 0.436. The molecule has 0 spiro atoms. The van der Waals surface area contributed by atoms with Gasteiger partial charge in [-0.2, -0.15) is 0 Å². The second kappa shape index (κ2) is 12.4. The van der Waals surface area contributed by atoms with Crippen LogP contribution in [0.15, 0.2) is 60.4 Å². The zero-order valence-electron chi connectivity index (χ0n) is 17.1. The monoisotopic (exact) mass is 357 g/mol. The number of rotatable bonds is 7. The Kier molecular flexibility index (Phi) is 10.5. The maximum Gasteiger partial charge on any atom is 0.147 e. The van der Waals surface area contributed by atoms with E-state index in [0.717, 1.165) is 36.1 Å². The van der Waals surface area contributed by atoms with E-state index in [1.807, 2.05) is 50.1 Å². The maximum absolute atomic E-state index is 5.97. The van der Waals surface area contributed by atoms with Gasteiger partial charge >= 0.3 is 0 Å². The van der Waals surface area contributed by atoms with Crippen molar-refractivity contribution in [3.05, 3.63) is 66.0 Å². The molecule has 0 saturated carbocycles. The van der Waals surface area contributed by atoms with Crippen LogP contribution >= 0.6 is 0 Å². The van der Waals surface area contributed by atoms with Crippen LogP contribution < -0.4 is 4.74 Å². The van der Waals surface area contributed by atoms with Gasteiger partial charge < -0.3 is 9.57 Å². The van der Waals surface area contributed by atoms with Crippen LogP contribution in [0.25, 0.3) is 0 Å². The first-order chi connectivity index (χ1) is 12.6. The summed E-state index contributed by atoms with van der Waals surface area (Å²) < 4.78 is 5.85. The molecule has 1 aliphatic heterocycles. The highest BCUT2D eigenvalue weighted by molar-refractivity contribution is 5.29. The molecule has 0 amide bonds. The molecular formula is C23H35NO2. The molecule has 1 aliphatic rings. The van der Waals surface area contributed by atoms with Crippen molar-refractivity contribution in [2.45, 2.75) is 47.5 Å². The van der Waals surface area contributed by atoms with Crippen LogP contribution in [-0.4, -0.2) is 24.8 Å². The van der Waals surface area contributed by atoms with Gasteiger partial charge in [0.25, 0.3) is 0 Å². The summed E-state index contributed by atoms with van der Waals surface area (Å²) in [7, 11) is 0. The van der Waals surface area contributed by atoms with Crippen molar-refractivity contribution < 1.29 is 9.57 Å². The fourth-order valence-electron chi connectivity index (χ4n) is 2.54. The average Bonchev–Trinajstić information content (AvgIpc) is 2.68. The van der Waals surface area contributed by atoms with E-state index in [0.29, 0.717) is 6.61 Å². The first-order valence-electron chi connectivity index (χ1n) is 9.72. The molecule has 2 rings (SSSR count). The van der Waals surface area contributed by atoms with Gasteiger partial charge in [0.05, 0.1) is 0 Å². The summed E-state index contributed by atoms with van der Waals surface area (Å²) >= 11 is 0. The number of hydrogen-bond donors (Lipinski definition) is 0. The molecule has 0 aromatic heterocycles. The fourth-order valence-corrected chi connectivity index (χ4v) is 2.54. The van der Waals surface area contributed by atoms with Gasteiger partial charge in [-0.15, -0.1) is 5.06 Å². The van der Waals surface area contributed by atoms with Crippen LogP contribution in [0.1, 0.15) is 46.1 Å². The van der Waals surface area contributed by atoms with Gasteiger partial charge in [-0.3, -0.25) is 0 Å². The maximum atomic E-state index is 5.97. The summed E-state index contributed by atoms with van der Waals surface area (Å²) in [5.74, 6) is 2.43. The Labute approximate surface area is 160 Å². The molecule has 1 saturated heterocycles. The van der Waals surface area contributed by atoms with E-state index in [1.165, 1.54) is 18.4 Å². The minimum atomic E-state index is 0.511. The van der Waals surface area contributed by atoms with Crippen molar-refractivity contribution in [1.29, 1.82) is 0 Å². The van der Waals surface area contributed by atoms with Gasteiger partial charge in [-0.1, -0.05) is 51.1 Å². The number of aryl methyl sites for hydroxylation is 1. The standard InChI is InChI=1S/C21H29NO2.C2H6/c1-5-19(16-23-21-9-7-17(3)8-10-21)15-20(6-2)24-22-13-11-18(4)12-14-22;1-2/h5-10,15,18H,2,11-14,16H2,1,3-4H3;1-2H3/b19-5+,20-15+;. The summed E-state index contributed by atoms with van der Waals surface area (Å²) in [5.41, 5.74) is 2.29. The summed E-state index contributed by atoms with van der Waals surface area (Å²) in [6.07, 6.45) is 8.15. The Balaban J connectivity index is 0.00000163. The third-order valence-electron chi connectivity index (χ3n) is 4.30. The molecule has 1 fully saturated rings. The van der Waals surface area contributed by atoms with Crippen LogP contribution in [-0.2, 0) is 4.84 Å². The molecule has 1 heterocycles. The second-order valence-electron chi connectivity index (χ2n) is 6.42. The smallest absolute Gasteiger partial charge is 0.147 e. The molecule has 1 aromatic rings. The van der Waals surface area contributed by atoms with Gasteiger partial charge in [0.1, 0.15) is 18.1 Å². The van der Waals surface area contributed by atoms with Crippen LogP contribution in [0, 0.1) is 12.8 Å². The molecule has 0 N–H and O–H groups in total. The van der Waals surface area contributed by atoms with E-state index in [-0.39, 0.29) is 0 Å². The molecule has 1 aromatic carbocycles. The predicted molar refractivity (Wildman–Crippen MR) is 111 cm³/mol. The summed E-state index contributed by atoms with van der Waals surface area (Å²) in [6.45, 7) is 16.7. The Morgan fingerprint density at radius 3 is 2.35 bits per heavy atom. The van der Waals surface area contributed by atoms with Crippen LogP contribution in [0.3, 0.4) is 0 Å². The molecule has 26 heavy (non-hydrogen) atoms. The summed E-state index contributed by atoms with van der Waals surface area (Å²) in [5, 5.41) is 2.03. The van der Waals surface area contributed by atoms with E-state index < -0.39 is 0 Å². The first kappa shape index (κ1) is 22.0. The molecule has 144 valence electrons. The Bertz CT molecular complexity index is 579. The SMILES string of the molecule is C=C/C(=C\C(=C/C)COc1ccc(C)cc1)ON1CCC(C)CC1.CC. The topological polar surface area (TPSA) is 21.7 Å². The lowest BCUT2D eigenvalue weighted by Gasteiger charge is -2.29. The lowest BCUT2D eigenvalue weighted by molar-refractivity contribution is -0.132.